The highest BCUT2D eigenvalue weighted by Crippen LogP contribution is 2.48. The smallest absolute Gasteiger partial charge is 0.325 e. The van der Waals surface area contributed by atoms with Crippen molar-refractivity contribution in [3.63, 3.8) is 0 Å². The number of urea groups is 1. The fourth-order valence-corrected chi connectivity index (χ4v) is 6.53. The van der Waals surface area contributed by atoms with E-state index in [4.69, 9.17) is 0 Å². The van der Waals surface area contributed by atoms with Gasteiger partial charge in [-0.1, -0.05) is 80.0 Å². The van der Waals surface area contributed by atoms with Crippen molar-refractivity contribution < 1.29 is 14.5 Å². The van der Waals surface area contributed by atoms with Gasteiger partial charge >= 0.3 is 6.03 Å². The van der Waals surface area contributed by atoms with Crippen LogP contribution in [0.25, 0.3) is 17.0 Å². The number of nitrogens with one attached hydrogen (secondary N) is 1. The number of amides is 3. The molecule has 1 N–H and O–H groups in total. The second-order valence-corrected chi connectivity index (χ2v) is 11.5. The quantitative estimate of drug-likeness (QED) is 0.0993. The fourth-order valence-electron chi connectivity index (χ4n) is 4.21. The van der Waals surface area contributed by atoms with Crippen molar-refractivity contribution >= 4 is 78.2 Å². The van der Waals surface area contributed by atoms with Gasteiger partial charge in [-0.3, -0.25) is 19.6 Å². The number of aromatic nitrogens is 2. The molecule has 198 valence electrons. The van der Waals surface area contributed by atoms with Gasteiger partial charge < -0.3 is 5.32 Å². The zero-order valence-electron chi connectivity index (χ0n) is 20.3. The molecule has 5 rings (SSSR count). The Balaban J connectivity index is 1.31. The number of carbonyl (C=O) groups is 2. The lowest BCUT2D eigenvalue weighted by atomic mass is 10.2. The number of hydrogen-bond donors (Lipinski definition) is 1. The van der Waals surface area contributed by atoms with Gasteiger partial charge in [-0.15, -0.1) is 0 Å². The van der Waals surface area contributed by atoms with Crippen LogP contribution in [0, 0.1) is 10.1 Å². The van der Waals surface area contributed by atoms with Gasteiger partial charge in [-0.05, 0) is 41.8 Å². The van der Waals surface area contributed by atoms with Crippen molar-refractivity contribution in [3.8, 4) is 0 Å². The molecule has 0 bridgehead atoms. The van der Waals surface area contributed by atoms with Crippen LogP contribution in [0.2, 0.25) is 0 Å². The summed E-state index contributed by atoms with van der Waals surface area (Å²) in [5.74, 6) is -0.376. The molecular weight excluding hydrogens is 650 g/mol. The Morgan fingerprint density at radius 2 is 1.85 bits per heavy atom. The number of non-ortho nitro benzene ring substituents is 1. The molecule has 1 unspecified atom stereocenters. The zero-order valence-corrected chi connectivity index (χ0v) is 24.3. The maximum Gasteiger partial charge on any atom is 0.325 e. The first-order valence-electron chi connectivity index (χ1n) is 11.9. The lowest BCUT2D eigenvalue weighted by molar-refractivity contribution is -0.384. The molecule has 9 nitrogen and oxygen atoms in total. The summed E-state index contributed by atoms with van der Waals surface area (Å²) in [5.41, 5.74) is 2.30. The van der Waals surface area contributed by atoms with Gasteiger partial charge in [0.05, 0.1) is 21.5 Å². The number of imide groups is 1. The monoisotopic (exact) mass is 669 g/mol. The lowest BCUT2D eigenvalue weighted by Gasteiger charge is -2.23. The predicted octanol–water partition coefficient (Wildman–Crippen LogP) is 6.88. The van der Waals surface area contributed by atoms with Crippen molar-refractivity contribution in [1.29, 1.82) is 0 Å². The Morgan fingerprint density at radius 1 is 1.10 bits per heavy atom. The van der Waals surface area contributed by atoms with E-state index in [9.17, 15) is 19.7 Å². The molecule has 1 aliphatic rings. The van der Waals surface area contributed by atoms with E-state index < -0.39 is 16.3 Å². The van der Waals surface area contributed by atoms with E-state index in [0.29, 0.717) is 23.4 Å². The summed E-state index contributed by atoms with van der Waals surface area (Å²) in [4.78, 5) is 39.2. The van der Waals surface area contributed by atoms with Crippen molar-refractivity contribution in [2.24, 2.45) is 0 Å². The third-order valence-electron chi connectivity index (χ3n) is 6.15. The van der Waals surface area contributed by atoms with Crippen molar-refractivity contribution in [3.05, 3.63) is 108 Å². The summed E-state index contributed by atoms with van der Waals surface area (Å²) in [7, 11) is 0. The molecule has 12 heteroatoms. The van der Waals surface area contributed by atoms with Crippen LogP contribution in [-0.4, -0.2) is 38.1 Å². The number of nitrogens with zero attached hydrogens (tertiary/aromatic N) is 4. The first-order valence-corrected chi connectivity index (χ1v) is 14.4. The maximum absolute atomic E-state index is 13.5. The second kappa shape index (κ2) is 11.7. The molecule has 2 heterocycles. The minimum absolute atomic E-state index is 0.00731. The first kappa shape index (κ1) is 27.1. The molecule has 1 atom stereocenters. The number of benzene rings is 3. The number of carbonyl (C=O) groups excluding carboxylic acids is 2. The lowest BCUT2D eigenvalue weighted by Crippen LogP contribution is -2.42. The van der Waals surface area contributed by atoms with E-state index in [-0.39, 0.29) is 18.1 Å². The average molecular weight is 671 g/mol. The summed E-state index contributed by atoms with van der Waals surface area (Å²) >= 11 is 8.40. The maximum atomic E-state index is 13.5. The van der Waals surface area contributed by atoms with Crippen LogP contribution >= 0.6 is 43.6 Å². The Labute approximate surface area is 244 Å². The Kier molecular flexibility index (Phi) is 8.15. The molecule has 1 aromatic heterocycles. The van der Waals surface area contributed by atoms with Crippen molar-refractivity contribution in [2.75, 3.05) is 6.54 Å². The second-order valence-electron chi connectivity index (χ2n) is 8.65. The van der Waals surface area contributed by atoms with Crippen LogP contribution in [0.5, 0.6) is 0 Å². The number of halogens is 2. The van der Waals surface area contributed by atoms with Gasteiger partial charge in [0.2, 0.25) is 0 Å². The van der Waals surface area contributed by atoms with E-state index in [0.717, 1.165) is 25.5 Å². The molecule has 3 aromatic carbocycles. The molecule has 0 radical (unpaired) electrons. The third kappa shape index (κ3) is 5.77. The Morgan fingerprint density at radius 3 is 2.59 bits per heavy atom. The van der Waals surface area contributed by atoms with Gasteiger partial charge in [0, 0.05) is 39.6 Å². The van der Waals surface area contributed by atoms with Crippen LogP contribution in [0.15, 0.2) is 86.8 Å². The number of nitro groups is 1. The number of fused-ring (bicyclic) bond motifs is 1. The highest BCUT2D eigenvalue weighted by molar-refractivity contribution is 9.10. The number of hydrogen-bond acceptors (Lipinski definition) is 6. The number of nitro benzene ring substituents is 1. The van der Waals surface area contributed by atoms with Crippen molar-refractivity contribution in [2.45, 2.75) is 18.3 Å². The van der Waals surface area contributed by atoms with Gasteiger partial charge in [-0.2, -0.15) is 5.10 Å². The standard InChI is InChI=1S/C27H21Br2N5O4S/c28-21-8-3-1-6-17(21)14-24-25(35)33(26(39-24)20-7-2-4-9-22(20)29)27(36)30-12-5-13-32-23-15-19(34(37)38)11-10-18(23)16-31-32/h1-4,6-11,14-16,26H,5,12-13H2,(H,30,36)/b24-14-. The summed E-state index contributed by atoms with van der Waals surface area (Å²) in [6.07, 6.45) is 3.95. The van der Waals surface area contributed by atoms with Crippen LogP contribution in [0.4, 0.5) is 10.5 Å². The minimum Gasteiger partial charge on any atom is -0.338 e. The number of thioether (sulfide) groups is 1. The highest BCUT2D eigenvalue weighted by atomic mass is 79.9. The van der Waals surface area contributed by atoms with Gasteiger partial charge in [0.15, 0.2) is 0 Å². The van der Waals surface area contributed by atoms with Crippen LogP contribution in [0.1, 0.15) is 22.9 Å². The molecule has 39 heavy (non-hydrogen) atoms. The van der Waals surface area contributed by atoms with Crippen LogP contribution < -0.4 is 5.32 Å². The summed E-state index contributed by atoms with van der Waals surface area (Å²) in [6, 6.07) is 19.2. The largest absolute Gasteiger partial charge is 0.338 e. The topological polar surface area (TPSA) is 110 Å². The van der Waals surface area contributed by atoms with Crippen LogP contribution in [-0.2, 0) is 11.3 Å². The number of rotatable bonds is 7. The molecule has 0 spiro atoms. The molecule has 1 aliphatic heterocycles. The Bertz CT molecular complexity index is 1620. The Hall–Kier alpha value is -3.48. The minimum atomic E-state index is -0.544. The molecule has 3 amide bonds. The van der Waals surface area contributed by atoms with Gasteiger partial charge in [0.1, 0.15) is 5.37 Å². The molecule has 0 aliphatic carbocycles. The summed E-state index contributed by atoms with van der Waals surface area (Å²) < 4.78 is 3.32. The SMILES string of the molecule is O=C(NCCCn1ncc2ccc([N+](=O)[O-])cc21)N1C(=O)/C(=C/c2ccccc2Br)SC1c1ccccc1Br. The molecule has 1 saturated heterocycles. The highest BCUT2D eigenvalue weighted by Gasteiger charge is 2.42. The fraction of sp³-hybridized carbons (Fsp3) is 0.148. The van der Waals surface area contributed by atoms with E-state index in [1.54, 1.807) is 23.0 Å². The van der Waals surface area contributed by atoms with E-state index >= 15 is 0 Å². The molecular formula is C27H21Br2N5O4S. The summed E-state index contributed by atoms with van der Waals surface area (Å²) in [6.45, 7) is 0.726. The van der Waals surface area contributed by atoms with E-state index in [1.807, 2.05) is 48.5 Å². The predicted molar refractivity (Wildman–Crippen MR) is 158 cm³/mol. The zero-order chi connectivity index (χ0) is 27.5. The first-order chi connectivity index (χ1) is 18.8. The average Bonchev–Trinajstić information content (AvgIpc) is 3.48. The summed E-state index contributed by atoms with van der Waals surface area (Å²) in [5, 5.41) is 18.6. The van der Waals surface area contributed by atoms with Gasteiger partial charge in [0.25, 0.3) is 11.6 Å². The van der Waals surface area contributed by atoms with E-state index in [1.165, 1.54) is 28.8 Å². The normalized spacial score (nSPS) is 16.3. The molecule has 4 aromatic rings. The van der Waals surface area contributed by atoms with E-state index in [2.05, 4.69) is 42.3 Å². The van der Waals surface area contributed by atoms with Gasteiger partial charge in [-0.25, -0.2) is 9.69 Å². The van der Waals surface area contributed by atoms with Crippen LogP contribution in [0.3, 0.4) is 0 Å². The third-order valence-corrected chi connectivity index (χ3v) is 8.83. The molecule has 0 saturated carbocycles. The number of aryl methyl sites for hydroxylation is 1. The molecule has 1 fully saturated rings. The van der Waals surface area contributed by atoms with Crippen molar-refractivity contribution in [1.82, 2.24) is 20.0 Å².